The molecular weight excluding hydrogens is 384 g/mol. The number of carbonyl (C=O) groups excluding carboxylic acids is 1. The van der Waals surface area contributed by atoms with Crippen LogP contribution in [0.5, 0.6) is 0 Å². The van der Waals surface area contributed by atoms with Gasteiger partial charge < -0.3 is 19.3 Å². The van der Waals surface area contributed by atoms with Crippen LogP contribution >= 0.6 is 11.6 Å². The van der Waals surface area contributed by atoms with Gasteiger partial charge in [-0.1, -0.05) is 0 Å². The zero-order valence-electron chi connectivity index (χ0n) is 15.8. The average molecular weight is 407 g/mol. The summed E-state index contributed by atoms with van der Waals surface area (Å²) in [5.74, 6) is 0.865. The van der Waals surface area contributed by atoms with Gasteiger partial charge in [-0.2, -0.15) is 15.1 Å². The highest BCUT2D eigenvalue weighted by atomic mass is 35.5. The van der Waals surface area contributed by atoms with Gasteiger partial charge >= 0.3 is 6.09 Å². The molecule has 5 heterocycles. The molecule has 28 heavy (non-hydrogen) atoms. The first-order chi connectivity index (χ1) is 13.7. The number of nitrogens with zero attached hydrogens (tertiary/aromatic N) is 6. The summed E-state index contributed by atoms with van der Waals surface area (Å²) in [6.45, 7) is 2.72. The zero-order chi connectivity index (χ0) is 19.3. The topological polar surface area (TPSA) is 85.6 Å². The second-order valence-electron chi connectivity index (χ2n) is 7.66. The molecule has 2 bridgehead atoms. The standard InChI is InChI=1S/C18H23ClN6O3/c1-27-18(26)23-6-4-11(5-7-23)25-16-14(8-20-25)15(21-17(19)22-16)24-12-2-3-13(24)10-28-9-12/h8,11-13H,2-7,9-10H2,1H3. The van der Waals surface area contributed by atoms with E-state index in [1.165, 1.54) is 7.11 Å². The van der Waals surface area contributed by atoms with Crippen LogP contribution in [0.3, 0.4) is 0 Å². The number of piperidine rings is 1. The van der Waals surface area contributed by atoms with Gasteiger partial charge in [0, 0.05) is 13.1 Å². The van der Waals surface area contributed by atoms with E-state index in [1.807, 2.05) is 10.9 Å². The molecule has 2 aromatic rings. The SMILES string of the molecule is COC(=O)N1CCC(n2ncc3c(N4C5CCC4COC5)nc(Cl)nc32)CC1. The highest BCUT2D eigenvalue weighted by molar-refractivity contribution is 6.28. The summed E-state index contributed by atoms with van der Waals surface area (Å²) in [6.07, 6.45) is 5.38. The third-order valence-corrected chi connectivity index (χ3v) is 6.30. The zero-order valence-corrected chi connectivity index (χ0v) is 16.5. The van der Waals surface area contributed by atoms with Gasteiger partial charge in [-0.15, -0.1) is 0 Å². The second-order valence-corrected chi connectivity index (χ2v) is 8.00. The average Bonchev–Trinajstić information content (AvgIpc) is 3.24. The molecule has 2 atom stereocenters. The predicted molar refractivity (Wildman–Crippen MR) is 103 cm³/mol. The Morgan fingerprint density at radius 3 is 2.54 bits per heavy atom. The minimum absolute atomic E-state index is 0.165. The number of morpholine rings is 1. The van der Waals surface area contributed by atoms with Crippen LogP contribution in [0.4, 0.5) is 10.6 Å². The van der Waals surface area contributed by atoms with Crippen LogP contribution in [-0.2, 0) is 9.47 Å². The molecule has 9 nitrogen and oxygen atoms in total. The summed E-state index contributed by atoms with van der Waals surface area (Å²) in [4.78, 5) is 24.9. The van der Waals surface area contributed by atoms with Crippen molar-refractivity contribution in [2.45, 2.75) is 43.8 Å². The summed E-state index contributed by atoms with van der Waals surface area (Å²) in [7, 11) is 1.41. The molecule has 0 N–H and O–H groups in total. The molecule has 5 rings (SSSR count). The maximum atomic E-state index is 11.7. The Labute approximate surface area is 167 Å². The first-order valence-corrected chi connectivity index (χ1v) is 10.1. The van der Waals surface area contributed by atoms with Crippen molar-refractivity contribution in [3.63, 3.8) is 0 Å². The van der Waals surface area contributed by atoms with Gasteiger partial charge in [0.25, 0.3) is 0 Å². The molecule has 0 saturated carbocycles. The summed E-state index contributed by atoms with van der Waals surface area (Å²) < 4.78 is 12.5. The fourth-order valence-electron chi connectivity index (χ4n) is 4.75. The van der Waals surface area contributed by atoms with Crippen molar-refractivity contribution in [3.05, 3.63) is 11.5 Å². The number of aromatic nitrogens is 4. The fraction of sp³-hybridized carbons (Fsp3) is 0.667. The van der Waals surface area contributed by atoms with Crippen molar-refractivity contribution < 1.29 is 14.3 Å². The van der Waals surface area contributed by atoms with Crippen molar-refractivity contribution in [2.24, 2.45) is 0 Å². The number of halogens is 1. The number of anilines is 1. The van der Waals surface area contributed by atoms with E-state index in [9.17, 15) is 4.79 Å². The van der Waals surface area contributed by atoms with Crippen molar-refractivity contribution in [2.75, 3.05) is 38.3 Å². The van der Waals surface area contributed by atoms with Gasteiger partial charge in [0.05, 0.1) is 50.0 Å². The summed E-state index contributed by atoms with van der Waals surface area (Å²) in [5.41, 5.74) is 0.761. The van der Waals surface area contributed by atoms with E-state index in [0.29, 0.717) is 25.2 Å². The van der Waals surface area contributed by atoms with Gasteiger partial charge in [0.1, 0.15) is 5.82 Å². The first-order valence-electron chi connectivity index (χ1n) is 9.75. The molecule has 3 aliphatic heterocycles. The molecule has 150 valence electrons. The Kier molecular flexibility index (Phi) is 4.51. The van der Waals surface area contributed by atoms with E-state index in [2.05, 4.69) is 20.0 Å². The maximum Gasteiger partial charge on any atom is 0.409 e. The maximum absolute atomic E-state index is 11.7. The Hall–Kier alpha value is -2.13. The lowest BCUT2D eigenvalue weighted by Gasteiger charge is -2.36. The number of amides is 1. The lowest BCUT2D eigenvalue weighted by atomic mass is 10.1. The number of hydrogen-bond acceptors (Lipinski definition) is 7. The molecule has 2 unspecified atom stereocenters. The van der Waals surface area contributed by atoms with Crippen LogP contribution in [0.2, 0.25) is 5.28 Å². The molecule has 1 amide bonds. The lowest BCUT2D eigenvalue weighted by Crippen LogP contribution is -2.46. The Morgan fingerprint density at radius 2 is 1.86 bits per heavy atom. The number of methoxy groups -OCH3 is 1. The van der Waals surface area contributed by atoms with Crippen molar-refractivity contribution >= 4 is 34.5 Å². The number of rotatable bonds is 2. The molecule has 10 heteroatoms. The molecule has 3 fully saturated rings. The Balaban J connectivity index is 1.46. The molecule has 0 aromatic carbocycles. The van der Waals surface area contributed by atoms with Crippen LogP contribution in [0, 0.1) is 0 Å². The number of ether oxygens (including phenoxy) is 2. The molecule has 0 radical (unpaired) electrons. The molecule has 3 saturated heterocycles. The Morgan fingerprint density at radius 1 is 1.14 bits per heavy atom. The number of fused-ring (bicyclic) bond motifs is 3. The monoisotopic (exact) mass is 406 g/mol. The molecule has 3 aliphatic rings. The van der Waals surface area contributed by atoms with Crippen LogP contribution in [-0.4, -0.2) is 76.2 Å². The van der Waals surface area contributed by atoms with Crippen molar-refractivity contribution in [1.82, 2.24) is 24.6 Å². The molecule has 2 aromatic heterocycles. The summed E-state index contributed by atoms with van der Waals surface area (Å²) in [6, 6.07) is 0.831. The second kappa shape index (κ2) is 7.04. The first kappa shape index (κ1) is 17.9. The van der Waals surface area contributed by atoms with E-state index in [0.717, 1.165) is 55.7 Å². The fourth-order valence-corrected chi connectivity index (χ4v) is 4.91. The van der Waals surface area contributed by atoms with Gasteiger partial charge in [-0.3, -0.25) is 0 Å². The largest absolute Gasteiger partial charge is 0.453 e. The van der Waals surface area contributed by atoms with E-state index < -0.39 is 0 Å². The lowest BCUT2D eigenvalue weighted by molar-refractivity contribution is 0.0903. The van der Waals surface area contributed by atoms with Crippen LogP contribution in [0.25, 0.3) is 11.0 Å². The van der Waals surface area contributed by atoms with Crippen molar-refractivity contribution in [1.29, 1.82) is 0 Å². The third-order valence-electron chi connectivity index (χ3n) is 6.13. The quantitative estimate of drug-likeness (QED) is 0.707. The van der Waals surface area contributed by atoms with Gasteiger partial charge in [0.2, 0.25) is 5.28 Å². The number of hydrogen-bond donors (Lipinski definition) is 0. The molecule has 0 spiro atoms. The molecular formula is C18H23ClN6O3. The minimum Gasteiger partial charge on any atom is -0.453 e. The highest BCUT2D eigenvalue weighted by Crippen LogP contribution is 2.37. The minimum atomic E-state index is -0.278. The van der Waals surface area contributed by atoms with E-state index >= 15 is 0 Å². The van der Waals surface area contributed by atoms with Gasteiger partial charge in [-0.05, 0) is 37.3 Å². The number of likely N-dealkylation sites (tertiary alicyclic amines) is 1. The summed E-state index contributed by atoms with van der Waals surface area (Å²) >= 11 is 6.32. The number of carbonyl (C=O) groups is 1. The van der Waals surface area contributed by atoms with Crippen molar-refractivity contribution in [3.8, 4) is 0 Å². The smallest absolute Gasteiger partial charge is 0.409 e. The Bertz CT molecular complexity index is 881. The van der Waals surface area contributed by atoms with Crippen LogP contribution in [0.1, 0.15) is 31.7 Å². The van der Waals surface area contributed by atoms with E-state index in [1.54, 1.807) is 4.90 Å². The highest BCUT2D eigenvalue weighted by Gasteiger charge is 2.39. The third kappa shape index (κ3) is 2.88. The normalized spacial score (nSPS) is 25.5. The summed E-state index contributed by atoms with van der Waals surface area (Å²) in [5, 5.41) is 5.81. The van der Waals surface area contributed by atoms with Crippen LogP contribution in [0.15, 0.2) is 6.20 Å². The predicted octanol–water partition coefficient (Wildman–Crippen LogP) is 2.25. The molecule has 0 aliphatic carbocycles. The van der Waals surface area contributed by atoms with Gasteiger partial charge in [0.15, 0.2) is 5.65 Å². The van der Waals surface area contributed by atoms with E-state index in [-0.39, 0.29) is 17.4 Å². The van der Waals surface area contributed by atoms with E-state index in [4.69, 9.17) is 21.1 Å². The van der Waals surface area contributed by atoms with Gasteiger partial charge in [-0.25, -0.2) is 9.48 Å². The van der Waals surface area contributed by atoms with Crippen LogP contribution < -0.4 is 4.90 Å².